The van der Waals surface area contributed by atoms with Gasteiger partial charge in [-0.15, -0.1) is 0 Å². The zero-order chi connectivity index (χ0) is 11.7. The average Bonchev–Trinajstić information content (AvgIpc) is 2.28. The molecule has 0 aromatic rings. The molecule has 1 atom stereocenters. The molecule has 5 nitrogen and oxygen atoms in total. The highest BCUT2D eigenvalue weighted by molar-refractivity contribution is 4.80. The van der Waals surface area contributed by atoms with Crippen molar-refractivity contribution in [1.82, 2.24) is 0 Å². The van der Waals surface area contributed by atoms with E-state index < -0.39 is 31.5 Å². The lowest BCUT2D eigenvalue weighted by Gasteiger charge is -2.32. The monoisotopic (exact) mass is 222 g/mol. The van der Waals surface area contributed by atoms with Gasteiger partial charge in [0.2, 0.25) is 0 Å². The molecule has 0 rings (SSSR count). The molecule has 0 spiro atoms. The lowest BCUT2D eigenvalue weighted by molar-refractivity contribution is -0.212. The molecule has 0 bridgehead atoms. The average molecular weight is 222 g/mol. The van der Waals surface area contributed by atoms with E-state index in [1.165, 1.54) is 0 Å². The van der Waals surface area contributed by atoms with Crippen molar-refractivity contribution in [2.75, 3.05) is 26.4 Å². The Morgan fingerprint density at radius 1 is 1.07 bits per heavy atom. The first-order valence-electron chi connectivity index (χ1n) is 5.29. The highest BCUT2D eigenvalue weighted by Crippen LogP contribution is 2.21. The zero-order valence-corrected chi connectivity index (χ0v) is 9.22. The maximum atomic E-state index is 9.56. The molecular weight excluding hydrogens is 200 g/mol. The van der Waals surface area contributed by atoms with E-state index in [1.54, 1.807) is 0 Å². The molecule has 15 heavy (non-hydrogen) atoms. The van der Waals surface area contributed by atoms with Gasteiger partial charge in [0.15, 0.2) is 6.29 Å². The van der Waals surface area contributed by atoms with Gasteiger partial charge in [0.1, 0.15) is 0 Å². The second kappa shape index (κ2) is 8.01. The topological polar surface area (TPSA) is 90.2 Å². The summed E-state index contributed by atoms with van der Waals surface area (Å²) in [5, 5.41) is 36.5. The molecule has 0 heterocycles. The molecule has 0 aliphatic rings. The SMILES string of the molecule is CCCCCOC(O)C(CO)(CO)CO. The van der Waals surface area contributed by atoms with Crippen LogP contribution in [0.25, 0.3) is 0 Å². The van der Waals surface area contributed by atoms with E-state index in [0.717, 1.165) is 19.3 Å². The minimum atomic E-state index is -1.37. The second-order valence-corrected chi connectivity index (χ2v) is 3.77. The van der Waals surface area contributed by atoms with Gasteiger partial charge in [-0.3, -0.25) is 0 Å². The van der Waals surface area contributed by atoms with Crippen molar-refractivity contribution < 1.29 is 25.2 Å². The van der Waals surface area contributed by atoms with Crippen LogP contribution in [0.3, 0.4) is 0 Å². The number of rotatable bonds is 9. The van der Waals surface area contributed by atoms with Gasteiger partial charge in [-0.25, -0.2) is 0 Å². The standard InChI is InChI=1S/C10H22O5/c1-2-3-4-5-15-9(14)10(6-11,7-12)8-13/h9,11-14H,2-8H2,1H3. The Morgan fingerprint density at radius 3 is 2.00 bits per heavy atom. The molecular formula is C10H22O5. The Bertz CT molecular complexity index is 138. The van der Waals surface area contributed by atoms with E-state index in [0.29, 0.717) is 6.61 Å². The molecule has 0 radical (unpaired) electrons. The van der Waals surface area contributed by atoms with Crippen molar-refractivity contribution in [1.29, 1.82) is 0 Å². The molecule has 1 unspecified atom stereocenters. The quantitative estimate of drug-likeness (QED) is 0.311. The van der Waals surface area contributed by atoms with E-state index in [9.17, 15) is 5.11 Å². The van der Waals surface area contributed by atoms with Crippen LogP contribution in [-0.4, -0.2) is 53.1 Å². The summed E-state index contributed by atoms with van der Waals surface area (Å²) < 4.78 is 5.06. The number of aliphatic hydroxyl groups excluding tert-OH is 4. The molecule has 0 fully saturated rings. The van der Waals surface area contributed by atoms with E-state index in [1.807, 2.05) is 0 Å². The molecule has 0 aliphatic carbocycles. The van der Waals surface area contributed by atoms with Gasteiger partial charge in [0, 0.05) is 6.61 Å². The van der Waals surface area contributed by atoms with Crippen LogP contribution in [0.2, 0.25) is 0 Å². The van der Waals surface area contributed by atoms with Crippen molar-refractivity contribution >= 4 is 0 Å². The van der Waals surface area contributed by atoms with Crippen LogP contribution < -0.4 is 0 Å². The Labute approximate surface area is 90.3 Å². The number of aliphatic hydroxyl groups is 4. The van der Waals surface area contributed by atoms with Crippen LogP contribution in [0.4, 0.5) is 0 Å². The fourth-order valence-electron chi connectivity index (χ4n) is 1.11. The number of hydrogen-bond acceptors (Lipinski definition) is 5. The lowest BCUT2D eigenvalue weighted by Crippen LogP contribution is -2.46. The van der Waals surface area contributed by atoms with Crippen LogP contribution in [0.15, 0.2) is 0 Å². The van der Waals surface area contributed by atoms with Crippen molar-refractivity contribution in [3.63, 3.8) is 0 Å². The third-order valence-electron chi connectivity index (χ3n) is 2.49. The van der Waals surface area contributed by atoms with E-state index in [4.69, 9.17) is 20.1 Å². The summed E-state index contributed by atoms with van der Waals surface area (Å²) >= 11 is 0. The van der Waals surface area contributed by atoms with E-state index in [-0.39, 0.29) is 0 Å². The number of hydrogen-bond donors (Lipinski definition) is 4. The molecule has 5 heteroatoms. The fourth-order valence-corrected chi connectivity index (χ4v) is 1.11. The van der Waals surface area contributed by atoms with Crippen molar-refractivity contribution in [3.8, 4) is 0 Å². The number of ether oxygens (including phenoxy) is 1. The maximum Gasteiger partial charge on any atom is 0.166 e. The first-order valence-corrected chi connectivity index (χ1v) is 5.29. The summed E-state index contributed by atoms with van der Waals surface area (Å²) in [7, 11) is 0. The van der Waals surface area contributed by atoms with Crippen molar-refractivity contribution in [2.24, 2.45) is 5.41 Å². The Balaban J connectivity index is 3.97. The molecule has 0 aromatic carbocycles. The predicted molar refractivity (Wildman–Crippen MR) is 55.2 cm³/mol. The van der Waals surface area contributed by atoms with E-state index in [2.05, 4.69) is 6.92 Å². The third-order valence-corrected chi connectivity index (χ3v) is 2.49. The van der Waals surface area contributed by atoms with Gasteiger partial charge in [0.05, 0.1) is 25.2 Å². The smallest absolute Gasteiger partial charge is 0.166 e. The van der Waals surface area contributed by atoms with Crippen molar-refractivity contribution in [3.05, 3.63) is 0 Å². The predicted octanol–water partition coefficient (Wildman–Crippen LogP) is -0.525. The lowest BCUT2D eigenvalue weighted by atomic mass is 9.90. The first-order chi connectivity index (χ1) is 7.16. The normalized spacial score (nSPS) is 14.2. The highest BCUT2D eigenvalue weighted by atomic mass is 16.6. The van der Waals surface area contributed by atoms with Gasteiger partial charge < -0.3 is 25.2 Å². The van der Waals surface area contributed by atoms with Gasteiger partial charge in [-0.2, -0.15) is 0 Å². The molecule has 0 amide bonds. The zero-order valence-electron chi connectivity index (χ0n) is 9.22. The van der Waals surface area contributed by atoms with Crippen LogP contribution in [0.1, 0.15) is 26.2 Å². The molecule has 0 aromatic heterocycles. The van der Waals surface area contributed by atoms with Gasteiger partial charge >= 0.3 is 0 Å². The minimum absolute atomic E-state index is 0.358. The molecule has 92 valence electrons. The van der Waals surface area contributed by atoms with Crippen LogP contribution in [-0.2, 0) is 4.74 Å². The Hall–Kier alpha value is -0.200. The van der Waals surface area contributed by atoms with Gasteiger partial charge in [0.25, 0.3) is 0 Å². The second-order valence-electron chi connectivity index (χ2n) is 3.77. The third kappa shape index (κ3) is 4.44. The van der Waals surface area contributed by atoms with E-state index >= 15 is 0 Å². The minimum Gasteiger partial charge on any atom is -0.395 e. The molecule has 0 saturated heterocycles. The highest BCUT2D eigenvalue weighted by Gasteiger charge is 2.37. The summed E-state index contributed by atoms with van der Waals surface area (Å²) in [4.78, 5) is 0. The summed E-state index contributed by atoms with van der Waals surface area (Å²) in [6.45, 7) is 0.853. The Morgan fingerprint density at radius 2 is 1.60 bits per heavy atom. The fraction of sp³-hybridized carbons (Fsp3) is 1.00. The molecule has 0 saturated carbocycles. The summed E-state index contributed by atoms with van der Waals surface area (Å²) in [5.41, 5.74) is -1.37. The van der Waals surface area contributed by atoms with Crippen LogP contribution in [0.5, 0.6) is 0 Å². The van der Waals surface area contributed by atoms with Crippen LogP contribution >= 0.6 is 0 Å². The van der Waals surface area contributed by atoms with Gasteiger partial charge in [-0.1, -0.05) is 19.8 Å². The number of unbranched alkanes of at least 4 members (excludes halogenated alkanes) is 2. The largest absolute Gasteiger partial charge is 0.395 e. The summed E-state index contributed by atoms with van der Waals surface area (Å²) in [5.74, 6) is 0. The Kier molecular flexibility index (Phi) is 7.90. The summed E-state index contributed by atoms with van der Waals surface area (Å²) in [6, 6.07) is 0. The van der Waals surface area contributed by atoms with Crippen molar-refractivity contribution in [2.45, 2.75) is 32.5 Å². The maximum absolute atomic E-state index is 9.56. The first kappa shape index (κ1) is 14.8. The van der Waals surface area contributed by atoms with Gasteiger partial charge in [-0.05, 0) is 6.42 Å². The van der Waals surface area contributed by atoms with Crippen LogP contribution in [0, 0.1) is 5.41 Å². The summed E-state index contributed by atoms with van der Waals surface area (Å²) in [6.07, 6.45) is 1.52. The molecule has 4 N–H and O–H groups in total. The molecule has 0 aliphatic heterocycles.